The van der Waals surface area contributed by atoms with Crippen molar-refractivity contribution in [3.8, 4) is 0 Å². The normalized spacial score (nSPS) is 10.5. The summed E-state index contributed by atoms with van der Waals surface area (Å²) in [7, 11) is 1.66. The predicted molar refractivity (Wildman–Crippen MR) is 78.0 cm³/mol. The molecule has 0 spiro atoms. The molecule has 0 aliphatic carbocycles. The van der Waals surface area contributed by atoms with E-state index < -0.39 is 0 Å². The first-order chi connectivity index (χ1) is 9.27. The van der Waals surface area contributed by atoms with E-state index in [2.05, 4.69) is 36.6 Å². The van der Waals surface area contributed by atoms with E-state index in [4.69, 9.17) is 15.3 Å². The van der Waals surface area contributed by atoms with Gasteiger partial charge in [0.25, 0.3) is 0 Å². The number of hydrogen-bond donors (Lipinski definition) is 3. The molecule has 0 fully saturated rings. The van der Waals surface area contributed by atoms with E-state index in [1.165, 1.54) is 0 Å². The molecule has 4 N–H and O–H groups in total. The molecule has 0 saturated carbocycles. The molecule has 108 valence electrons. The average Bonchev–Trinajstić information content (AvgIpc) is 2.43. The van der Waals surface area contributed by atoms with E-state index in [1.54, 1.807) is 13.3 Å². The summed E-state index contributed by atoms with van der Waals surface area (Å²) in [5.41, 5.74) is 2.41. The van der Waals surface area contributed by atoms with Crippen LogP contribution in [0.15, 0.2) is 10.7 Å². The second-order valence-electron chi connectivity index (χ2n) is 3.77. The number of nitrogen functional groups attached to an aromatic ring is 1. The predicted octanol–water partition coefficient (Wildman–Crippen LogP) is 1.38. The average molecular weight is 334 g/mol. The molecule has 0 atom stereocenters. The number of unbranched alkanes of at least 4 members (excludes halogenated alkanes) is 1. The van der Waals surface area contributed by atoms with Gasteiger partial charge in [-0.1, -0.05) is 0 Å². The molecular weight excluding hydrogens is 314 g/mol. The Hall–Kier alpha value is -0.960. The van der Waals surface area contributed by atoms with Gasteiger partial charge in [0, 0.05) is 26.5 Å². The van der Waals surface area contributed by atoms with Crippen molar-refractivity contribution in [1.82, 2.24) is 9.97 Å². The van der Waals surface area contributed by atoms with Gasteiger partial charge < -0.3 is 14.8 Å². The molecule has 8 heteroatoms. The van der Waals surface area contributed by atoms with E-state index in [-0.39, 0.29) is 0 Å². The fourth-order valence-electron chi connectivity index (χ4n) is 1.34. The van der Waals surface area contributed by atoms with Gasteiger partial charge in [-0.2, -0.15) is 4.98 Å². The molecule has 1 aromatic rings. The Labute approximate surface area is 121 Å². The second kappa shape index (κ2) is 9.90. The van der Waals surface area contributed by atoms with Crippen molar-refractivity contribution in [2.75, 3.05) is 44.2 Å². The number of hydrazine groups is 1. The van der Waals surface area contributed by atoms with Crippen LogP contribution in [0.2, 0.25) is 0 Å². The van der Waals surface area contributed by atoms with Crippen molar-refractivity contribution >= 4 is 27.7 Å². The molecule has 0 bridgehead atoms. The molecule has 0 radical (unpaired) electrons. The maximum Gasteiger partial charge on any atom is 0.239 e. The van der Waals surface area contributed by atoms with Gasteiger partial charge in [-0.05, 0) is 28.8 Å². The van der Waals surface area contributed by atoms with Crippen LogP contribution in [0.4, 0.5) is 11.8 Å². The fourth-order valence-corrected chi connectivity index (χ4v) is 1.67. The molecule has 0 saturated heterocycles. The Morgan fingerprint density at radius 2 is 2.16 bits per heavy atom. The van der Waals surface area contributed by atoms with Gasteiger partial charge >= 0.3 is 0 Å². The summed E-state index contributed by atoms with van der Waals surface area (Å²) in [6.45, 7) is 2.84. The summed E-state index contributed by atoms with van der Waals surface area (Å²) in [5, 5.41) is 3.22. The molecule has 0 aromatic carbocycles. The standard InChI is InChI=1S/C11H20BrN5O2/c1-18-6-7-19-5-3-2-4-14-10-9(12)8-15-11(16-10)17-13/h8H,2-7,13H2,1H3,(H2,14,15,16,17). The third-order valence-corrected chi connectivity index (χ3v) is 2.89. The van der Waals surface area contributed by atoms with E-state index in [9.17, 15) is 0 Å². The molecule has 0 amide bonds. The van der Waals surface area contributed by atoms with Crippen LogP contribution in [-0.4, -0.2) is 43.4 Å². The summed E-state index contributed by atoms with van der Waals surface area (Å²) in [4.78, 5) is 8.17. The molecule has 19 heavy (non-hydrogen) atoms. The molecule has 0 aliphatic rings. The molecule has 0 aliphatic heterocycles. The highest BCUT2D eigenvalue weighted by Crippen LogP contribution is 2.19. The summed E-state index contributed by atoms with van der Waals surface area (Å²) >= 11 is 3.38. The van der Waals surface area contributed by atoms with Crippen molar-refractivity contribution in [2.45, 2.75) is 12.8 Å². The zero-order valence-electron chi connectivity index (χ0n) is 11.0. The van der Waals surface area contributed by atoms with Gasteiger partial charge in [0.2, 0.25) is 5.95 Å². The smallest absolute Gasteiger partial charge is 0.239 e. The largest absolute Gasteiger partial charge is 0.382 e. The Balaban J connectivity index is 2.15. The zero-order chi connectivity index (χ0) is 13.9. The number of rotatable bonds is 10. The van der Waals surface area contributed by atoms with Gasteiger partial charge in [-0.25, -0.2) is 10.8 Å². The molecule has 1 rings (SSSR count). The van der Waals surface area contributed by atoms with Crippen molar-refractivity contribution in [3.63, 3.8) is 0 Å². The van der Waals surface area contributed by atoms with Crippen LogP contribution in [0.5, 0.6) is 0 Å². The first-order valence-corrected chi connectivity index (χ1v) is 6.87. The van der Waals surface area contributed by atoms with Crippen LogP contribution in [0, 0.1) is 0 Å². The van der Waals surface area contributed by atoms with Crippen molar-refractivity contribution < 1.29 is 9.47 Å². The molecular formula is C11H20BrN5O2. The molecule has 7 nitrogen and oxygen atoms in total. The van der Waals surface area contributed by atoms with Crippen LogP contribution in [0.1, 0.15) is 12.8 Å². The minimum absolute atomic E-state index is 0.383. The lowest BCUT2D eigenvalue weighted by molar-refractivity contribution is 0.0691. The number of nitrogens with zero attached hydrogens (tertiary/aromatic N) is 2. The Morgan fingerprint density at radius 1 is 1.32 bits per heavy atom. The summed E-state index contributed by atoms with van der Waals surface area (Å²) in [5.74, 6) is 6.37. The van der Waals surface area contributed by atoms with Gasteiger partial charge in [-0.15, -0.1) is 0 Å². The quantitative estimate of drug-likeness (QED) is 0.338. The monoisotopic (exact) mass is 333 g/mol. The molecule has 1 heterocycles. The first-order valence-electron chi connectivity index (χ1n) is 6.07. The SMILES string of the molecule is COCCOCCCCNc1nc(NN)ncc1Br. The number of aromatic nitrogens is 2. The van der Waals surface area contributed by atoms with E-state index in [0.717, 1.165) is 36.3 Å². The highest BCUT2D eigenvalue weighted by Gasteiger charge is 2.03. The Bertz CT molecular complexity index is 367. The summed E-state index contributed by atoms with van der Waals surface area (Å²) < 4.78 is 11.1. The van der Waals surface area contributed by atoms with Gasteiger partial charge in [-0.3, -0.25) is 5.43 Å². The van der Waals surface area contributed by atoms with E-state index in [1.807, 2.05) is 0 Å². The number of hydrogen-bond acceptors (Lipinski definition) is 7. The number of ether oxygens (including phenoxy) is 2. The van der Waals surface area contributed by atoms with Gasteiger partial charge in [0.1, 0.15) is 5.82 Å². The van der Waals surface area contributed by atoms with Crippen LogP contribution in [-0.2, 0) is 9.47 Å². The van der Waals surface area contributed by atoms with Gasteiger partial charge in [0.05, 0.1) is 17.7 Å². The fraction of sp³-hybridized carbons (Fsp3) is 0.636. The zero-order valence-corrected chi connectivity index (χ0v) is 12.6. The Kier molecular flexibility index (Phi) is 8.39. The lowest BCUT2D eigenvalue weighted by Crippen LogP contribution is -2.13. The third-order valence-electron chi connectivity index (χ3n) is 2.31. The van der Waals surface area contributed by atoms with Crippen LogP contribution in [0.25, 0.3) is 0 Å². The highest BCUT2D eigenvalue weighted by atomic mass is 79.9. The lowest BCUT2D eigenvalue weighted by atomic mass is 10.3. The van der Waals surface area contributed by atoms with Crippen LogP contribution >= 0.6 is 15.9 Å². The molecule has 0 unspecified atom stereocenters. The highest BCUT2D eigenvalue weighted by molar-refractivity contribution is 9.10. The number of anilines is 2. The van der Waals surface area contributed by atoms with E-state index >= 15 is 0 Å². The van der Waals surface area contributed by atoms with Crippen LogP contribution in [0.3, 0.4) is 0 Å². The number of nitrogens with one attached hydrogen (secondary N) is 2. The van der Waals surface area contributed by atoms with E-state index in [0.29, 0.717) is 19.2 Å². The minimum atomic E-state index is 0.383. The maximum absolute atomic E-state index is 5.37. The minimum Gasteiger partial charge on any atom is -0.382 e. The summed E-state index contributed by atoms with van der Waals surface area (Å²) in [6, 6.07) is 0. The lowest BCUT2D eigenvalue weighted by Gasteiger charge is -2.08. The number of nitrogens with two attached hydrogens (primary N) is 1. The Morgan fingerprint density at radius 3 is 2.89 bits per heavy atom. The number of halogens is 1. The second-order valence-corrected chi connectivity index (χ2v) is 4.63. The topological polar surface area (TPSA) is 94.3 Å². The third kappa shape index (κ3) is 6.67. The van der Waals surface area contributed by atoms with Crippen molar-refractivity contribution in [3.05, 3.63) is 10.7 Å². The van der Waals surface area contributed by atoms with Gasteiger partial charge in [0.15, 0.2) is 0 Å². The first kappa shape index (κ1) is 16.1. The number of methoxy groups -OCH3 is 1. The van der Waals surface area contributed by atoms with Crippen LogP contribution < -0.4 is 16.6 Å². The van der Waals surface area contributed by atoms with Crippen molar-refractivity contribution in [2.24, 2.45) is 5.84 Å². The van der Waals surface area contributed by atoms with Crippen molar-refractivity contribution in [1.29, 1.82) is 0 Å². The summed E-state index contributed by atoms with van der Waals surface area (Å²) in [6.07, 6.45) is 3.63. The molecule has 1 aromatic heterocycles. The maximum atomic E-state index is 5.37.